The van der Waals surface area contributed by atoms with Gasteiger partial charge in [0.25, 0.3) is 0 Å². The van der Waals surface area contributed by atoms with Gasteiger partial charge in [0.15, 0.2) is 0 Å². The molecule has 0 aliphatic heterocycles. The Morgan fingerprint density at radius 3 is 2.62 bits per heavy atom. The molecule has 1 heterocycles. The van der Waals surface area contributed by atoms with Crippen LogP contribution >= 0.6 is 11.3 Å². The molecule has 0 fully saturated rings. The molecule has 0 amide bonds. The van der Waals surface area contributed by atoms with Crippen molar-refractivity contribution in [3.05, 3.63) is 53.5 Å². The molecular formula is C14H11NS. The SMILES string of the molecule is Cc1csc(-c2cccc3ccccc23)n1. The molecule has 0 unspecified atom stereocenters. The van der Waals surface area contributed by atoms with Crippen LogP contribution in [0, 0.1) is 6.92 Å². The van der Waals surface area contributed by atoms with E-state index >= 15 is 0 Å². The van der Waals surface area contributed by atoms with Crippen LogP contribution in [0.3, 0.4) is 0 Å². The van der Waals surface area contributed by atoms with E-state index in [0.717, 1.165) is 10.7 Å². The van der Waals surface area contributed by atoms with Gasteiger partial charge in [-0.2, -0.15) is 0 Å². The van der Waals surface area contributed by atoms with Gasteiger partial charge in [-0.25, -0.2) is 4.98 Å². The second-order valence-electron chi connectivity index (χ2n) is 3.82. The zero-order valence-electron chi connectivity index (χ0n) is 8.97. The largest absolute Gasteiger partial charge is 0.241 e. The fourth-order valence-corrected chi connectivity index (χ4v) is 2.73. The molecule has 0 radical (unpaired) electrons. The van der Waals surface area contributed by atoms with E-state index < -0.39 is 0 Å². The highest BCUT2D eigenvalue weighted by Gasteiger charge is 2.05. The summed E-state index contributed by atoms with van der Waals surface area (Å²) in [6.07, 6.45) is 0. The fourth-order valence-electron chi connectivity index (χ4n) is 1.89. The minimum Gasteiger partial charge on any atom is -0.241 e. The molecule has 3 rings (SSSR count). The van der Waals surface area contributed by atoms with Crippen LogP contribution in [-0.4, -0.2) is 4.98 Å². The van der Waals surface area contributed by atoms with Crippen molar-refractivity contribution >= 4 is 22.1 Å². The number of nitrogens with zero attached hydrogens (tertiary/aromatic N) is 1. The molecule has 3 aromatic rings. The van der Waals surface area contributed by atoms with Crippen LogP contribution in [0.1, 0.15) is 5.69 Å². The number of hydrogen-bond donors (Lipinski definition) is 0. The number of aromatic nitrogens is 1. The van der Waals surface area contributed by atoms with E-state index in [1.165, 1.54) is 16.3 Å². The molecule has 0 saturated carbocycles. The van der Waals surface area contributed by atoms with Crippen molar-refractivity contribution in [1.82, 2.24) is 4.98 Å². The Bertz CT molecular complexity index is 635. The molecule has 2 heteroatoms. The molecule has 0 atom stereocenters. The Morgan fingerprint density at radius 1 is 1.00 bits per heavy atom. The summed E-state index contributed by atoms with van der Waals surface area (Å²) in [5, 5.41) is 5.75. The molecule has 1 nitrogen and oxygen atoms in total. The maximum Gasteiger partial charge on any atom is 0.124 e. The van der Waals surface area contributed by atoms with Gasteiger partial charge in [0.1, 0.15) is 5.01 Å². The summed E-state index contributed by atoms with van der Waals surface area (Å²) in [4.78, 5) is 4.55. The highest BCUT2D eigenvalue weighted by molar-refractivity contribution is 7.13. The van der Waals surface area contributed by atoms with Crippen molar-refractivity contribution < 1.29 is 0 Å². The molecular weight excluding hydrogens is 214 g/mol. The first-order chi connectivity index (χ1) is 7.84. The monoisotopic (exact) mass is 225 g/mol. The number of aryl methyl sites for hydroxylation is 1. The lowest BCUT2D eigenvalue weighted by Gasteiger charge is -2.02. The van der Waals surface area contributed by atoms with E-state index in [4.69, 9.17) is 0 Å². The lowest BCUT2D eigenvalue weighted by Crippen LogP contribution is -1.80. The average molecular weight is 225 g/mol. The van der Waals surface area contributed by atoms with Gasteiger partial charge in [-0.05, 0) is 17.7 Å². The molecule has 0 bridgehead atoms. The van der Waals surface area contributed by atoms with Gasteiger partial charge in [-0.15, -0.1) is 11.3 Å². The fraction of sp³-hybridized carbons (Fsp3) is 0.0714. The Kier molecular flexibility index (Phi) is 2.22. The quantitative estimate of drug-likeness (QED) is 0.602. The maximum absolute atomic E-state index is 4.55. The molecule has 0 aliphatic rings. The Morgan fingerprint density at radius 2 is 1.81 bits per heavy atom. The summed E-state index contributed by atoms with van der Waals surface area (Å²) in [7, 11) is 0. The van der Waals surface area contributed by atoms with Crippen molar-refractivity contribution in [3.8, 4) is 10.6 Å². The molecule has 0 saturated heterocycles. The zero-order chi connectivity index (χ0) is 11.0. The molecule has 78 valence electrons. The molecule has 16 heavy (non-hydrogen) atoms. The van der Waals surface area contributed by atoms with Gasteiger partial charge in [0, 0.05) is 16.6 Å². The van der Waals surface area contributed by atoms with E-state index in [1.54, 1.807) is 11.3 Å². The molecule has 2 aromatic carbocycles. The third-order valence-electron chi connectivity index (χ3n) is 2.64. The number of fused-ring (bicyclic) bond motifs is 1. The highest BCUT2D eigenvalue weighted by atomic mass is 32.1. The normalized spacial score (nSPS) is 10.8. The Hall–Kier alpha value is -1.67. The first kappa shape index (κ1) is 9.55. The van der Waals surface area contributed by atoms with Crippen LogP contribution in [0.4, 0.5) is 0 Å². The third-order valence-corrected chi connectivity index (χ3v) is 3.63. The summed E-state index contributed by atoms with van der Waals surface area (Å²) < 4.78 is 0. The van der Waals surface area contributed by atoms with Crippen LogP contribution in [0.25, 0.3) is 21.3 Å². The van der Waals surface area contributed by atoms with E-state index in [9.17, 15) is 0 Å². The van der Waals surface area contributed by atoms with Crippen LogP contribution in [-0.2, 0) is 0 Å². The van der Waals surface area contributed by atoms with Crippen molar-refractivity contribution in [3.63, 3.8) is 0 Å². The van der Waals surface area contributed by atoms with E-state index in [2.05, 4.69) is 52.8 Å². The average Bonchev–Trinajstić information content (AvgIpc) is 2.75. The van der Waals surface area contributed by atoms with Crippen molar-refractivity contribution in [2.24, 2.45) is 0 Å². The van der Waals surface area contributed by atoms with Crippen LogP contribution in [0.15, 0.2) is 47.8 Å². The second kappa shape index (κ2) is 3.72. The number of benzene rings is 2. The number of rotatable bonds is 1. The first-order valence-electron chi connectivity index (χ1n) is 5.25. The highest BCUT2D eigenvalue weighted by Crippen LogP contribution is 2.30. The topological polar surface area (TPSA) is 12.9 Å². The van der Waals surface area contributed by atoms with Gasteiger partial charge in [-0.1, -0.05) is 42.5 Å². The predicted molar refractivity (Wildman–Crippen MR) is 69.8 cm³/mol. The first-order valence-corrected chi connectivity index (χ1v) is 6.13. The van der Waals surface area contributed by atoms with Crippen molar-refractivity contribution in [1.29, 1.82) is 0 Å². The van der Waals surface area contributed by atoms with Crippen molar-refractivity contribution in [2.75, 3.05) is 0 Å². The third kappa shape index (κ3) is 1.51. The zero-order valence-corrected chi connectivity index (χ0v) is 9.79. The summed E-state index contributed by atoms with van der Waals surface area (Å²) in [5.74, 6) is 0. The van der Waals surface area contributed by atoms with Gasteiger partial charge in [0.05, 0.1) is 0 Å². The van der Waals surface area contributed by atoms with Gasteiger partial charge in [0.2, 0.25) is 0 Å². The van der Waals surface area contributed by atoms with E-state index in [1.807, 2.05) is 6.92 Å². The van der Waals surface area contributed by atoms with Crippen molar-refractivity contribution in [2.45, 2.75) is 6.92 Å². The lowest BCUT2D eigenvalue weighted by molar-refractivity contribution is 1.27. The van der Waals surface area contributed by atoms with Gasteiger partial charge >= 0.3 is 0 Å². The Balaban J connectivity index is 2.31. The minimum atomic E-state index is 1.09. The minimum absolute atomic E-state index is 1.09. The van der Waals surface area contributed by atoms with E-state index in [0.29, 0.717) is 0 Å². The maximum atomic E-state index is 4.55. The van der Waals surface area contributed by atoms with Crippen LogP contribution in [0.2, 0.25) is 0 Å². The van der Waals surface area contributed by atoms with E-state index in [-0.39, 0.29) is 0 Å². The summed E-state index contributed by atoms with van der Waals surface area (Å²) >= 11 is 1.71. The molecule has 1 aromatic heterocycles. The Labute approximate surface area is 98.4 Å². The van der Waals surface area contributed by atoms with Gasteiger partial charge < -0.3 is 0 Å². The molecule has 0 aliphatic carbocycles. The summed E-state index contributed by atoms with van der Waals surface area (Å²) in [5.41, 5.74) is 2.32. The lowest BCUT2D eigenvalue weighted by atomic mass is 10.1. The smallest absolute Gasteiger partial charge is 0.124 e. The van der Waals surface area contributed by atoms with Gasteiger partial charge in [-0.3, -0.25) is 0 Å². The number of hydrogen-bond acceptors (Lipinski definition) is 2. The van der Waals surface area contributed by atoms with Crippen LogP contribution < -0.4 is 0 Å². The number of thiazole rings is 1. The predicted octanol–water partition coefficient (Wildman–Crippen LogP) is 4.27. The second-order valence-corrected chi connectivity index (χ2v) is 4.68. The molecule has 0 N–H and O–H groups in total. The molecule has 0 spiro atoms. The summed E-state index contributed by atoms with van der Waals surface area (Å²) in [6.45, 7) is 2.03. The standard InChI is InChI=1S/C14H11NS/c1-10-9-16-14(15-10)13-8-4-6-11-5-2-3-7-12(11)13/h2-9H,1H3. The summed E-state index contributed by atoms with van der Waals surface area (Å²) in [6, 6.07) is 14.8. The van der Waals surface area contributed by atoms with Crippen LogP contribution in [0.5, 0.6) is 0 Å².